The van der Waals surface area contributed by atoms with Gasteiger partial charge in [-0.2, -0.15) is 0 Å². The predicted molar refractivity (Wildman–Crippen MR) is 75.3 cm³/mol. The van der Waals surface area contributed by atoms with Crippen LogP contribution < -0.4 is 10.5 Å². The third-order valence-electron chi connectivity index (χ3n) is 2.82. The smallest absolute Gasteiger partial charge is 0.251 e. The van der Waals surface area contributed by atoms with E-state index in [0.29, 0.717) is 0 Å². The van der Waals surface area contributed by atoms with Crippen LogP contribution in [-0.4, -0.2) is 14.3 Å². The lowest BCUT2D eigenvalue weighted by Crippen LogP contribution is -2.23. The van der Waals surface area contributed by atoms with Crippen LogP contribution in [0.3, 0.4) is 0 Å². The fraction of sp³-hybridized carbons (Fsp3) is 0.0714. The Balaban J connectivity index is 2.06. The van der Waals surface area contributed by atoms with Crippen molar-refractivity contribution >= 4 is 15.9 Å². The summed E-state index contributed by atoms with van der Waals surface area (Å²) in [6, 6.07) is 7.93. The van der Waals surface area contributed by atoms with Crippen LogP contribution in [0.2, 0.25) is 0 Å². The maximum Gasteiger partial charge on any atom is 0.251 e. The van der Waals surface area contributed by atoms with Gasteiger partial charge in [0.2, 0.25) is 10.0 Å². The summed E-state index contributed by atoms with van der Waals surface area (Å²) in [5.74, 6) is -1.98. The molecule has 3 N–H and O–H groups in total. The lowest BCUT2D eigenvalue weighted by molar-refractivity contribution is 0.0950. The third kappa shape index (κ3) is 4.09. The Kier molecular flexibility index (Phi) is 4.53. The number of hydrogen-bond donors (Lipinski definition) is 2. The Bertz CT molecular complexity index is 785. The van der Waals surface area contributed by atoms with Gasteiger partial charge in [-0.25, -0.2) is 22.3 Å². The molecule has 0 bridgehead atoms. The highest BCUT2D eigenvalue weighted by Crippen LogP contribution is 2.10. The largest absolute Gasteiger partial charge is 0.348 e. The summed E-state index contributed by atoms with van der Waals surface area (Å²) in [5.41, 5.74) is 0.469. The van der Waals surface area contributed by atoms with Crippen molar-refractivity contribution in [3.05, 3.63) is 65.2 Å². The second-order valence-corrected chi connectivity index (χ2v) is 6.09. The molecule has 5 nitrogen and oxygen atoms in total. The normalized spacial score (nSPS) is 11.2. The minimum Gasteiger partial charge on any atom is -0.348 e. The lowest BCUT2D eigenvalue weighted by Gasteiger charge is -2.06. The molecule has 0 aliphatic rings. The maximum absolute atomic E-state index is 13.0. The van der Waals surface area contributed by atoms with Gasteiger partial charge in [0.15, 0.2) is 0 Å². The number of halogens is 2. The summed E-state index contributed by atoms with van der Waals surface area (Å²) in [5, 5.41) is 7.42. The molecule has 0 radical (unpaired) electrons. The summed E-state index contributed by atoms with van der Waals surface area (Å²) in [7, 11) is -3.83. The average molecular weight is 326 g/mol. The molecule has 0 saturated heterocycles. The summed E-state index contributed by atoms with van der Waals surface area (Å²) in [4.78, 5) is 11.8. The van der Waals surface area contributed by atoms with Crippen molar-refractivity contribution in [2.24, 2.45) is 5.14 Å². The Morgan fingerprint density at radius 1 is 1.05 bits per heavy atom. The van der Waals surface area contributed by atoms with Crippen LogP contribution >= 0.6 is 0 Å². The summed E-state index contributed by atoms with van der Waals surface area (Å²) in [6.07, 6.45) is 0. The fourth-order valence-corrected chi connectivity index (χ4v) is 2.31. The Labute approximate surface area is 125 Å². The second-order valence-electron chi connectivity index (χ2n) is 4.53. The number of hydrogen-bond acceptors (Lipinski definition) is 3. The highest BCUT2D eigenvalue weighted by molar-refractivity contribution is 7.89. The molecule has 1 amide bonds. The number of nitrogens with two attached hydrogens (primary N) is 1. The lowest BCUT2D eigenvalue weighted by atomic mass is 10.2. The van der Waals surface area contributed by atoms with Crippen LogP contribution in [0.15, 0.2) is 47.4 Å². The van der Waals surface area contributed by atoms with E-state index < -0.39 is 27.6 Å². The van der Waals surface area contributed by atoms with Crippen molar-refractivity contribution in [3.63, 3.8) is 0 Å². The molecule has 0 aliphatic heterocycles. The van der Waals surface area contributed by atoms with Crippen LogP contribution in [0, 0.1) is 11.6 Å². The number of nitrogens with one attached hydrogen (secondary N) is 1. The maximum atomic E-state index is 13.0. The van der Waals surface area contributed by atoms with Crippen molar-refractivity contribution < 1.29 is 22.0 Å². The van der Waals surface area contributed by atoms with E-state index in [1.54, 1.807) is 0 Å². The van der Waals surface area contributed by atoms with Gasteiger partial charge in [0, 0.05) is 18.2 Å². The first-order valence-electron chi connectivity index (χ1n) is 6.12. The van der Waals surface area contributed by atoms with E-state index in [1.165, 1.54) is 24.3 Å². The minimum absolute atomic E-state index is 0.0650. The molecule has 8 heteroatoms. The van der Waals surface area contributed by atoms with Gasteiger partial charge < -0.3 is 5.32 Å². The Morgan fingerprint density at radius 2 is 1.59 bits per heavy atom. The predicted octanol–water partition coefficient (Wildman–Crippen LogP) is 1.54. The van der Waals surface area contributed by atoms with E-state index in [-0.39, 0.29) is 22.6 Å². The van der Waals surface area contributed by atoms with Gasteiger partial charge in [0.05, 0.1) is 4.90 Å². The molecule has 22 heavy (non-hydrogen) atoms. The topological polar surface area (TPSA) is 89.3 Å². The molecule has 0 spiro atoms. The van der Waals surface area contributed by atoms with E-state index in [0.717, 1.165) is 18.2 Å². The molecule has 0 aliphatic carbocycles. The summed E-state index contributed by atoms with van der Waals surface area (Å²) < 4.78 is 48.2. The summed E-state index contributed by atoms with van der Waals surface area (Å²) >= 11 is 0. The highest BCUT2D eigenvalue weighted by atomic mass is 32.2. The monoisotopic (exact) mass is 326 g/mol. The quantitative estimate of drug-likeness (QED) is 0.893. The van der Waals surface area contributed by atoms with Crippen molar-refractivity contribution in [1.29, 1.82) is 0 Å². The van der Waals surface area contributed by atoms with Gasteiger partial charge in [-0.3, -0.25) is 4.79 Å². The van der Waals surface area contributed by atoms with Gasteiger partial charge in [-0.15, -0.1) is 0 Å². The highest BCUT2D eigenvalue weighted by Gasteiger charge is 2.10. The molecule has 2 aromatic carbocycles. The molecule has 0 fully saturated rings. The van der Waals surface area contributed by atoms with Crippen molar-refractivity contribution in [2.45, 2.75) is 11.4 Å². The number of primary sulfonamides is 1. The number of carbonyl (C=O) groups is 1. The molecule has 0 aromatic heterocycles. The Morgan fingerprint density at radius 3 is 2.09 bits per heavy atom. The molecular formula is C14H12F2N2O3S. The zero-order valence-electron chi connectivity index (χ0n) is 11.2. The van der Waals surface area contributed by atoms with Crippen molar-refractivity contribution in [3.8, 4) is 0 Å². The minimum atomic E-state index is -3.83. The van der Waals surface area contributed by atoms with Crippen molar-refractivity contribution in [2.75, 3.05) is 0 Å². The number of sulfonamides is 1. The van der Waals surface area contributed by atoms with E-state index >= 15 is 0 Å². The first-order valence-corrected chi connectivity index (χ1v) is 7.66. The summed E-state index contributed by atoms with van der Waals surface area (Å²) in [6.45, 7) is -0.0650. The van der Waals surface area contributed by atoms with Crippen LogP contribution in [0.5, 0.6) is 0 Å². The fourth-order valence-electron chi connectivity index (χ4n) is 1.79. The van der Waals surface area contributed by atoms with Gasteiger partial charge in [0.25, 0.3) is 5.91 Å². The van der Waals surface area contributed by atoms with Crippen LogP contribution in [0.4, 0.5) is 8.78 Å². The number of benzene rings is 2. The SMILES string of the molecule is NS(=O)(=O)c1ccc(C(=O)NCc2cc(F)cc(F)c2)cc1. The van der Waals surface area contributed by atoms with Crippen molar-refractivity contribution in [1.82, 2.24) is 5.32 Å². The van der Waals surface area contributed by atoms with E-state index in [9.17, 15) is 22.0 Å². The number of carbonyl (C=O) groups excluding carboxylic acids is 1. The zero-order valence-corrected chi connectivity index (χ0v) is 12.0. The second kappa shape index (κ2) is 6.20. The molecular weight excluding hydrogens is 314 g/mol. The van der Waals surface area contributed by atoms with E-state index in [2.05, 4.69) is 5.32 Å². The first-order chi connectivity index (χ1) is 10.3. The van der Waals surface area contributed by atoms with E-state index in [1.807, 2.05) is 0 Å². The first kappa shape index (κ1) is 16.1. The van der Waals surface area contributed by atoms with Crippen LogP contribution in [0.1, 0.15) is 15.9 Å². The molecule has 2 aromatic rings. The Hall–Kier alpha value is -2.32. The van der Waals surface area contributed by atoms with Gasteiger partial charge in [-0.1, -0.05) is 0 Å². The molecule has 0 saturated carbocycles. The van der Waals surface area contributed by atoms with E-state index in [4.69, 9.17) is 5.14 Å². The van der Waals surface area contributed by atoms with Crippen LogP contribution in [-0.2, 0) is 16.6 Å². The molecule has 0 heterocycles. The third-order valence-corrected chi connectivity index (χ3v) is 3.75. The average Bonchev–Trinajstić information content (AvgIpc) is 2.43. The number of amides is 1. The molecule has 116 valence electrons. The molecule has 0 unspecified atom stereocenters. The molecule has 0 atom stereocenters. The van der Waals surface area contributed by atoms with Gasteiger partial charge in [0.1, 0.15) is 11.6 Å². The number of rotatable bonds is 4. The van der Waals surface area contributed by atoms with Gasteiger partial charge in [-0.05, 0) is 42.0 Å². The van der Waals surface area contributed by atoms with Crippen LogP contribution in [0.25, 0.3) is 0 Å². The zero-order chi connectivity index (χ0) is 16.3. The van der Waals surface area contributed by atoms with Gasteiger partial charge >= 0.3 is 0 Å². The standard InChI is InChI=1S/C14H12F2N2O3S/c15-11-5-9(6-12(16)7-11)8-18-14(19)10-1-3-13(4-2-10)22(17,20)21/h1-7H,8H2,(H,18,19)(H2,17,20,21). The molecule has 2 rings (SSSR count).